The van der Waals surface area contributed by atoms with Crippen LogP contribution in [0.3, 0.4) is 0 Å². The van der Waals surface area contributed by atoms with Crippen molar-refractivity contribution in [2.75, 3.05) is 6.61 Å². The predicted octanol–water partition coefficient (Wildman–Crippen LogP) is 3.07. The zero-order chi connectivity index (χ0) is 21.0. The molecule has 1 aliphatic rings. The van der Waals surface area contributed by atoms with E-state index in [0.29, 0.717) is 0 Å². The van der Waals surface area contributed by atoms with E-state index >= 15 is 0 Å². The van der Waals surface area contributed by atoms with Gasteiger partial charge in [0.25, 0.3) is 0 Å². The molecule has 26 heavy (non-hydrogen) atoms. The van der Waals surface area contributed by atoms with Crippen LogP contribution in [0.4, 0.5) is 0 Å². The Balaban J connectivity index is 2.96. The highest BCUT2D eigenvalue weighted by Crippen LogP contribution is 2.68. The molecule has 0 amide bonds. The van der Waals surface area contributed by atoms with Gasteiger partial charge < -0.3 is 28.8 Å². The molecule has 0 bridgehead atoms. The highest BCUT2D eigenvalue weighted by molar-refractivity contribution is 8.08. The van der Waals surface area contributed by atoms with Crippen molar-refractivity contribution in [2.45, 2.75) is 59.7 Å². The van der Waals surface area contributed by atoms with Crippen LogP contribution in [-0.2, 0) is 38.8 Å². The van der Waals surface area contributed by atoms with Gasteiger partial charge in [-0.15, -0.1) is 0 Å². The van der Waals surface area contributed by atoms with Gasteiger partial charge in [0, 0.05) is 10.8 Å². The van der Waals surface area contributed by atoms with Crippen LogP contribution in [-0.4, -0.2) is 37.4 Å². The standard InChI is InChI=1S/C12H27O10P3S/c1-9(2)10(3,4)12(7,20-11(9,5)6)8-19-25(18,26)22-24(16,17)21-23(13,14)15/h8H2,1-7H3,(H,16,17)(H,18,26)(H2,13,14,15)/t12-,25?/m1/s1. The highest BCUT2D eigenvalue weighted by atomic mass is 32.5. The minimum absolute atomic E-state index is 0.281. The molecular formula is C12H27O10P3S. The van der Waals surface area contributed by atoms with E-state index in [1.54, 1.807) is 6.92 Å². The number of ether oxygens (including phenoxy) is 1. The van der Waals surface area contributed by atoms with Gasteiger partial charge >= 0.3 is 22.4 Å². The van der Waals surface area contributed by atoms with Gasteiger partial charge in [0.05, 0.1) is 17.8 Å². The SMILES string of the molecule is CC1(C)O[C@](C)(COP(O)(=S)OP(=O)(O)OP(=O)(O)O)C(C)(C)C1(C)C. The number of phosphoric acid groups is 2. The summed E-state index contributed by atoms with van der Waals surface area (Å²) < 4.78 is 41.5. The molecule has 3 atom stereocenters. The van der Waals surface area contributed by atoms with Gasteiger partial charge in [-0.2, -0.15) is 4.31 Å². The number of rotatable bonds is 7. The normalized spacial score (nSPS) is 32.0. The van der Waals surface area contributed by atoms with Gasteiger partial charge in [-0.25, -0.2) is 13.4 Å². The summed E-state index contributed by atoms with van der Waals surface area (Å²) in [6.45, 7) is 8.92. The van der Waals surface area contributed by atoms with Crippen molar-refractivity contribution in [2.24, 2.45) is 10.8 Å². The van der Waals surface area contributed by atoms with Crippen molar-refractivity contribution in [3.63, 3.8) is 0 Å². The molecule has 0 saturated carbocycles. The van der Waals surface area contributed by atoms with E-state index in [2.05, 4.69) is 20.4 Å². The van der Waals surface area contributed by atoms with Crippen molar-refractivity contribution in [3.05, 3.63) is 0 Å². The molecule has 0 aromatic rings. The summed E-state index contributed by atoms with van der Waals surface area (Å²) in [5, 5.41) is 0. The average molecular weight is 456 g/mol. The van der Waals surface area contributed by atoms with Crippen LogP contribution in [0.15, 0.2) is 0 Å². The highest BCUT2D eigenvalue weighted by Gasteiger charge is 2.66. The van der Waals surface area contributed by atoms with Gasteiger partial charge in [-0.3, -0.25) is 0 Å². The second-order valence-corrected chi connectivity index (χ2v) is 13.8. The summed E-state index contributed by atoms with van der Waals surface area (Å²) in [5.74, 6) is 0. The lowest BCUT2D eigenvalue weighted by Crippen LogP contribution is -2.48. The zero-order valence-electron chi connectivity index (χ0n) is 15.7. The van der Waals surface area contributed by atoms with Crippen LogP contribution in [0, 0.1) is 10.8 Å². The summed E-state index contributed by atoms with van der Waals surface area (Å²) in [5.41, 5.74) is -2.28. The van der Waals surface area contributed by atoms with Gasteiger partial charge in [-0.1, -0.05) is 27.7 Å². The largest absolute Gasteiger partial charge is 0.488 e. The molecule has 0 aliphatic carbocycles. The van der Waals surface area contributed by atoms with Gasteiger partial charge in [0.2, 0.25) is 0 Å². The predicted molar refractivity (Wildman–Crippen MR) is 97.6 cm³/mol. The van der Waals surface area contributed by atoms with E-state index < -0.39 is 39.0 Å². The maximum Gasteiger partial charge on any atom is 0.488 e. The fraction of sp³-hybridized carbons (Fsp3) is 1.00. The van der Waals surface area contributed by atoms with Gasteiger partial charge in [-0.05, 0) is 32.6 Å². The van der Waals surface area contributed by atoms with Gasteiger partial charge in [0.15, 0.2) is 0 Å². The van der Waals surface area contributed by atoms with Crippen LogP contribution < -0.4 is 0 Å². The lowest BCUT2D eigenvalue weighted by Gasteiger charge is -2.45. The molecule has 10 nitrogen and oxygen atoms in total. The van der Waals surface area contributed by atoms with Crippen LogP contribution in [0.1, 0.15) is 48.5 Å². The van der Waals surface area contributed by atoms with Crippen molar-refractivity contribution in [1.29, 1.82) is 0 Å². The third-order valence-electron chi connectivity index (χ3n) is 5.79. The molecule has 0 aromatic heterocycles. The average Bonchev–Trinajstić information content (AvgIpc) is 2.39. The van der Waals surface area contributed by atoms with Crippen LogP contribution >= 0.6 is 22.4 Å². The Bertz CT molecular complexity index is 699. The fourth-order valence-electron chi connectivity index (χ4n) is 2.95. The first-order valence-electron chi connectivity index (χ1n) is 7.56. The van der Waals surface area contributed by atoms with E-state index in [-0.39, 0.29) is 12.0 Å². The Labute approximate surface area is 158 Å². The topological polar surface area (TPSA) is 152 Å². The molecule has 1 aliphatic heterocycles. The van der Waals surface area contributed by atoms with E-state index in [4.69, 9.17) is 19.0 Å². The molecule has 14 heteroatoms. The first-order valence-corrected chi connectivity index (χ1v) is 13.2. The lowest BCUT2D eigenvalue weighted by atomic mass is 9.57. The Morgan fingerprint density at radius 2 is 1.35 bits per heavy atom. The molecule has 0 spiro atoms. The molecule has 1 heterocycles. The van der Waals surface area contributed by atoms with Crippen molar-refractivity contribution >= 4 is 34.2 Å². The Kier molecular flexibility index (Phi) is 6.63. The second kappa shape index (κ2) is 6.94. The summed E-state index contributed by atoms with van der Waals surface area (Å²) in [7, 11) is -10.7. The van der Waals surface area contributed by atoms with Crippen LogP contribution in [0.5, 0.6) is 0 Å². The first kappa shape index (κ1) is 24.8. The third-order valence-corrected chi connectivity index (χ3v) is 10.5. The maximum atomic E-state index is 11.6. The second-order valence-electron chi connectivity index (χ2n) is 7.96. The smallest absolute Gasteiger partial charge is 0.366 e. The summed E-state index contributed by atoms with van der Waals surface area (Å²) in [4.78, 5) is 36.5. The number of hydrogen-bond acceptors (Lipinski definition) is 7. The van der Waals surface area contributed by atoms with E-state index in [0.717, 1.165) is 0 Å². The molecule has 1 saturated heterocycles. The monoisotopic (exact) mass is 456 g/mol. The Hall–Kier alpha value is 0.790. The van der Waals surface area contributed by atoms with E-state index in [9.17, 15) is 18.9 Å². The molecule has 2 unspecified atom stereocenters. The number of hydrogen-bond donors (Lipinski definition) is 4. The van der Waals surface area contributed by atoms with Crippen molar-refractivity contribution < 1.29 is 46.6 Å². The molecular weight excluding hydrogens is 429 g/mol. The minimum Gasteiger partial charge on any atom is -0.366 e. The Morgan fingerprint density at radius 3 is 1.69 bits per heavy atom. The third kappa shape index (κ3) is 5.03. The zero-order valence-corrected chi connectivity index (χ0v) is 19.2. The molecule has 156 valence electrons. The van der Waals surface area contributed by atoms with Crippen molar-refractivity contribution in [3.8, 4) is 0 Å². The molecule has 0 aromatic carbocycles. The molecule has 0 radical (unpaired) electrons. The first-order chi connectivity index (χ1) is 11.1. The quantitative estimate of drug-likeness (QED) is 0.418. The molecule has 1 fully saturated rings. The summed E-state index contributed by atoms with van der Waals surface area (Å²) in [6, 6.07) is 0. The summed E-state index contributed by atoms with van der Waals surface area (Å²) >= 11 is 4.66. The molecule has 4 N–H and O–H groups in total. The van der Waals surface area contributed by atoms with E-state index in [1.165, 1.54) is 0 Å². The van der Waals surface area contributed by atoms with Gasteiger partial charge in [0.1, 0.15) is 0 Å². The maximum absolute atomic E-state index is 11.6. The summed E-state index contributed by atoms with van der Waals surface area (Å²) in [6.07, 6.45) is 0. The van der Waals surface area contributed by atoms with Crippen LogP contribution in [0.25, 0.3) is 0 Å². The van der Waals surface area contributed by atoms with E-state index in [1.807, 2.05) is 41.5 Å². The molecule has 1 rings (SSSR count). The minimum atomic E-state index is -5.34. The Morgan fingerprint density at radius 1 is 0.885 bits per heavy atom. The van der Waals surface area contributed by atoms with Crippen LogP contribution in [0.2, 0.25) is 0 Å². The lowest BCUT2D eigenvalue weighted by molar-refractivity contribution is -0.123. The van der Waals surface area contributed by atoms with Crippen molar-refractivity contribution in [1.82, 2.24) is 0 Å². The fourth-order valence-corrected chi connectivity index (χ4v) is 6.97.